The van der Waals surface area contributed by atoms with Gasteiger partial charge in [-0.1, -0.05) is 17.7 Å². The summed E-state index contributed by atoms with van der Waals surface area (Å²) in [7, 11) is 0. The topological polar surface area (TPSA) is 26.3 Å². The van der Waals surface area contributed by atoms with Crippen molar-refractivity contribution in [3.05, 3.63) is 22.9 Å². The standard InChI is InChI=1S/C8H9ClO2/c9-7-3-1-2-4-8(7)11-6-5-10/h3-5H,1-2,6H2. The van der Waals surface area contributed by atoms with Gasteiger partial charge in [0.15, 0.2) is 6.29 Å². The first-order valence-corrected chi connectivity index (χ1v) is 3.85. The summed E-state index contributed by atoms with van der Waals surface area (Å²) < 4.78 is 5.04. The third-order valence-electron chi connectivity index (χ3n) is 1.36. The van der Waals surface area contributed by atoms with Gasteiger partial charge in [0.2, 0.25) is 0 Å². The van der Waals surface area contributed by atoms with Crippen LogP contribution in [-0.4, -0.2) is 12.9 Å². The molecule has 0 heterocycles. The van der Waals surface area contributed by atoms with E-state index in [1.165, 1.54) is 0 Å². The predicted octanol–water partition coefficient (Wildman–Crippen LogP) is 2.00. The normalized spacial score (nSPS) is 16.8. The number of carbonyl (C=O) groups excluding carboxylic acids is 1. The van der Waals surface area contributed by atoms with Gasteiger partial charge in [0.05, 0.1) is 5.03 Å². The average Bonchev–Trinajstić information content (AvgIpc) is 2.03. The Morgan fingerprint density at radius 2 is 2.27 bits per heavy atom. The zero-order valence-corrected chi connectivity index (χ0v) is 6.80. The Morgan fingerprint density at radius 3 is 2.91 bits per heavy atom. The molecule has 0 atom stereocenters. The van der Waals surface area contributed by atoms with E-state index >= 15 is 0 Å². The lowest BCUT2D eigenvalue weighted by molar-refractivity contribution is -0.110. The molecule has 2 nitrogen and oxygen atoms in total. The largest absolute Gasteiger partial charge is 0.485 e. The molecule has 0 N–H and O–H groups in total. The summed E-state index contributed by atoms with van der Waals surface area (Å²) in [5, 5.41) is 0.609. The van der Waals surface area contributed by atoms with Gasteiger partial charge in [-0.2, -0.15) is 0 Å². The molecular formula is C8H9ClO2. The molecule has 11 heavy (non-hydrogen) atoms. The quantitative estimate of drug-likeness (QED) is 0.609. The van der Waals surface area contributed by atoms with Crippen molar-refractivity contribution in [3.63, 3.8) is 0 Å². The van der Waals surface area contributed by atoms with Gasteiger partial charge in [-0.25, -0.2) is 0 Å². The van der Waals surface area contributed by atoms with E-state index in [0.717, 1.165) is 12.8 Å². The Bertz CT molecular complexity index is 206. The van der Waals surface area contributed by atoms with Crippen LogP contribution in [0.5, 0.6) is 0 Å². The van der Waals surface area contributed by atoms with E-state index in [4.69, 9.17) is 16.3 Å². The second-order valence-corrected chi connectivity index (χ2v) is 2.58. The second-order valence-electron chi connectivity index (χ2n) is 2.18. The summed E-state index contributed by atoms with van der Waals surface area (Å²) in [5.41, 5.74) is 0. The molecule has 0 fully saturated rings. The van der Waals surface area contributed by atoms with Gasteiger partial charge in [-0.05, 0) is 18.9 Å². The fraction of sp³-hybridized carbons (Fsp3) is 0.375. The summed E-state index contributed by atoms with van der Waals surface area (Å²) in [5.74, 6) is 0.630. The molecule has 0 unspecified atom stereocenters. The summed E-state index contributed by atoms with van der Waals surface area (Å²) in [6.07, 6.45) is 6.38. The molecule has 0 radical (unpaired) electrons. The minimum Gasteiger partial charge on any atom is -0.485 e. The van der Waals surface area contributed by atoms with Crippen molar-refractivity contribution in [3.8, 4) is 0 Å². The van der Waals surface area contributed by atoms with E-state index in [1.54, 1.807) is 0 Å². The minimum absolute atomic E-state index is 0.0793. The molecule has 0 aromatic heterocycles. The Balaban J connectivity index is 2.49. The fourth-order valence-corrected chi connectivity index (χ4v) is 1.12. The highest BCUT2D eigenvalue weighted by Gasteiger charge is 2.06. The molecule has 0 aromatic rings. The summed E-state index contributed by atoms with van der Waals surface area (Å²) in [6.45, 7) is 0.0793. The maximum absolute atomic E-state index is 9.94. The first-order chi connectivity index (χ1) is 5.34. The number of allylic oxidation sites excluding steroid dienone is 3. The van der Waals surface area contributed by atoms with E-state index < -0.39 is 0 Å². The van der Waals surface area contributed by atoms with Crippen molar-refractivity contribution >= 4 is 17.9 Å². The SMILES string of the molecule is O=CCOC1=CCCC=C1Cl. The fourth-order valence-electron chi connectivity index (χ4n) is 0.874. The van der Waals surface area contributed by atoms with Gasteiger partial charge >= 0.3 is 0 Å². The van der Waals surface area contributed by atoms with Crippen molar-refractivity contribution < 1.29 is 9.53 Å². The lowest BCUT2D eigenvalue weighted by Gasteiger charge is -2.09. The highest BCUT2D eigenvalue weighted by molar-refractivity contribution is 6.31. The number of halogens is 1. The molecule has 1 rings (SSSR count). The molecule has 0 aliphatic heterocycles. The van der Waals surface area contributed by atoms with Crippen molar-refractivity contribution in [1.82, 2.24) is 0 Å². The molecule has 1 aliphatic rings. The van der Waals surface area contributed by atoms with Gasteiger partial charge in [0.1, 0.15) is 12.4 Å². The molecule has 0 amide bonds. The molecule has 0 bridgehead atoms. The Morgan fingerprint density at radius 1 is 1.55 bits per heavy atom. The van der Waals surface area contributed by atoms with Gasteiger partial charge in [-0.3, -0.25) is 4.79 Å². The van der Waals surface area contributed by atoms with Gasteiger partial charge in [0, 0.05) is 0 Å². The zero-order chi connectivity index (χ0) is 8.10. The third-order valence-corrected chi connectivity index (χ3v) is 1.70. The molecule has 1 aliphatic carbocycles. The third kappa shape index (κ3) is 2.39. The number of aldehydes is 1. The lowest BCUT2D eigenvalue weighted by atomic mass is 10.2. The predicted molar refractivity (Wildman–Crippen MR) is 43.3 cm³/mol. The van der Waals surface area contributed by atoms with Crippen LogP contribution in [0.2, 0.25) is 0 Å². The zero-order valence-electron chi connectivity index (χ0n) is 6.05. The van der Waals surface area contributed by atoms with Crippen molar-refractivity contribution in [2.45, 2.75) is 12.8 Å². The van der Waals surface area contributed by atoms with E-state index in [9.17, 15) is 4.79 Å². The first kappa shape index (κ1) is 8.34. The van der Waals surface area contributed by atoms with Crippen LogP contribution >= 0.6 is 11.6 Å². The Kier molecular flexibility index (Phi) is 3.17. The molecule has 0 spiro atoms. The molecule has 3 heteroatoms. The van der Waals surface area contributed by atoms with Crippen molar-refractivity contribution in [2.24, 2.45) is 0 Å². The number of hydrogen-bond donors (Lipinski definition) is 0. The van der Waals surface area contributed by atoms with Crippen LogP contribution in [0.4, 0.5) is 0 Å². The van der Waals surface area contributed by atoms with Gasteiger partial charge in [-0.15, -0.1) is 0 Å². The highest BCUT2D eigenvalue weighted by Crippen LogP contribution is 2.22. The van der Waals surface area contributed by atoms with E-state index in [0.29, 0.717) is 17.1 Å². The van der Waals surface area contributed by atoms with E-state index in [1.807, 2.05) is 12.2 Å². The number of ether oxygens (including phenoxy) is 1. The monoisotopic (exact) mass is 172 g/mol. The molecule has 0 aromatic carbocycles. The maximum atomic E-state index is 9.94. The number of rotatable bonds is 3. The van der Waals surface area contributed by atoms with Crippen LogP contribution < -0.4 is 0 Å². The van der Waals surface area contributed by atoms with E-state index in [2.05, 4.69) is 0 Å². The summed E-state index contributed by atoms with van der Waals surface area (Å²) in [6, 6.07) is 0. The molecule has 60 valence electrons. The summed E-state index contributed by atoms with van der Waals surface area (Å²) in [4.78, 5) is 9.94. The van der Waals surface area contributed by atoms with Crippen LogP contribution in [-0.2, 0) is 9.53 Å². The van der Waals surface area contributed by atoms with Crippen LogP contribution in [0, 0.1) is 0 Å². The van der Waals surface area contributed by atoms with Crippen LogP contribution in [0.1, 0.15) is 12.8 Å². The Labute approximate surface area is 70.5 Å². The lowest BCUT2D eigenvalue weighted by Crippen LogP contribution is -1.98. The maximum Gasteiger partial charge on any atom is 0.157 e. The highest BCUT2D eigenvalue weighted by atomic mass is 35.5. The summed E-state index contributed by atoms with van der Waals surface area (Å²) >= 11 is 5.77. The smallest absolute Gasteiger partial charge is 0.157 e. The average molecular weight is 173 g/mol. The van der Waals surface area contributed by atoms with Crippen molar-refractivity contribution in [2.75, 3.05) is 6.61 Å². The van der Waals surface area contributed by atoms with Crippen LogP contribution in [0.25, 0.3) is 0 Å². The van der Waals surface area contributed by atoms with Crippen LogP contribution in [0.15, 0.2) is 22.9 Å². The van der Waals surface area contributed by atoms with Crippen LogP contribution in [0.3, 0.4) is 0 Å². The van der Waals surface area contributed by atoms with Crippen molar-refractivity contribution in [1.29, 1.82) is 0 Å². The number of hydrogen-bond acceptors (Lipinski definition) is 2. The minimum atomic E-state index is 0.0793. The Hall–Kier alpha value is -0.760. The molecule has 0 saturated heterocycles. The van der Waals surface area contributed by atoms with E-state index in [-0.39, 0.29) is 6.61 Å². The van der Waals surface area contributed by atoms with Gasteiger partial charge < -0.3 is 4.74 Å². The first-order valence-electron chi connectivity index (χ1n) is 3.47. The molecule has 0 saturated carbocycles. The van der Waals surface area contributed by atoms with Gasteiger partial charge in [0.25, 0.3) is 0 Å². The second kappa shape index (κ2) is 4.19. The molecular weight excluding hydrogens is 164 g/mol. The number of carbonyl (C=O) groups is 1.